The largest absolute Gasteiger partial charge is 0.381 e. The fourth-order valence-corrected chi connectivity index (χ4v) is 5.92. The highest BCUT2D eigenvalue weighted by Gasteiger charge is 2.26. The number of fused-ring (bicyclic) bond motifs is 6. The Balaban J connectivity index is 1.47. The first-order chi connectivity index (χ1) is 16.0. The summed E-state index contributed by atoms with van der Waals surface area (Å²) in [5, 5.41) is 8.59. The predicted molar refractivity (Wildman–Crippen MR) is 132 cm³/mol. The molecule has 6 rings (SSSR count). The van der Waals surface area contributed by atoms with Gasteiger partial charge in [-0.2, -0.15) is 0 Å². The van der Waals surface area contributed by atoms with Gasteiger partial charge in [0.05, 0.1) is 16.9 Å². The van der Waals surface area contributed by atoms with E-state index in [0.717, 1.165) is 53.9 Å². The first-order valence-electron chi connectivity index (χ1n) is 11.0. The third-order valence-corrected chi connectivity index (χ3v) is 7.59. The van der Waals surface area contributed by atoms with Crippen LogP contribution in [0.4, 0.5) is 5.69 Å². The molecule has 2 N–H and O–H groups in total. The van der Waals surface area contributed by atoms with Gasteiger partial charge in [0.25, 0.3) is 5.91 Å². The molecule has 0 radical (unpaired) electrons. The lowest BCUT2D eigenvalue weighted by Gasteiger charge is -2.13. The molecule has 0 saturated carbocycles. The Hall–Kier alpha value is -3.71. The Morgan fingerprint density at radius 1 is 1.21 bits per heavy atom. The molecular weight excluding hydrogens is 432 g/mol. The van der Waals surface area contributed by atoms with E-state index in [2.05, 4.69) is 35.4 Å². The first-order valence-corrected chi connectivity index (χ1v) is 11.8. The van der Waals surface area contributed by atoms with Crippen LogP contribution in [0.2, 0.25) is 0 Å². The van der Waals surface area contributed by atoms with Crippen molar-refractivity contribution in [3.8, 4) is 11.3 Å². The topological polar surface area (TPSA) is 74.3 Å². The summed E-state index contributed by atoms with van der Waals surface area (Å²) in [7, 11) is 0. The Labute approximate surface area is 194 Å². The maximum atomic E-state index is 12.7. The zero-order valence-electron chi connectivity index (χ0n) is 18.1. The summed E-state index contributed by atoms with van der Waals surface area (Å²) in [6.45, 7) is 7.45. The number of benzene rings is 2. The standard InChI is InChI=1S/C26H22N4O2S/c1-3-22(31)30-12-15-5-4-6-16(18(15)13-30)19-8-7-17-20(29-19)9-10-21-23(17)24-25(33-21)26(32)28-14(2)11-27-24/h3-10,14,27H,1,11-13H2,2H3,(H,28,32). The second kappa shape index (κ2) is 7.42. The molecule has 164 valence electrons. The van der Waals surface area contributed by atoms with Gasteiger partial charge in [0.15, 0.2) is 0 Å². The number of carbonyl (C=O) groups is 2. The number of carbonyl (C=O) groups excluding carboxylic acids is 2. The van der Waals surface area contributed by atoms with E-state index in [1.54, 1.807) is 4.90 Å². The van der Waals surface area contributed by atoms with Crippen LogP contribution in [0.5, 0.6) is 0 Å². The number of nitrogens with one attached hydrogen (secondary N) is 2. The molecule has 1 atom stereocenters. The number of nitrogens with zero attached hydrogens (tertiary/aromatic N) is 2. The van der Waals surface area contributed by atoms with Crippen molar-refractivity contribution in [2.75, 3.05) is 11.9 Å². The van der Waals surface area contributed by atoms with Crippen molar-refractivity contribution in [3.05, 3.63) is 71.1 Å². The molecule has 4 aromatic rings. The van der Waals surface area contributed by atoms with Gasteiger partial charge in [-0.25, -0.2) is 4.98 Å². The van der Waals surface area contributed by atoms with Crippen molar-refractivity contribution in [1.82, 2.24) is 15.2 Å². The second-order valence-electron chi connectivity index (χ2n) is 8.61. The van der Waals surface area contributed by atoms with Gasteiger partial charge < -0.3 is 15.5 Å². The molecule has 0 aliphatic carbocycles. The average Bonchev–Trinajstić information content (AvgIpc) is 3.40. The Bertz CT molecular complexity index is 1490. The molecule has 2 aromatic carbocycles. The Morgan fingerprint density at radius 3 is 2.94 bits per heavy atom. The maximum Gasteiger partial charge on any atom is 0.263 e. The lowest BCUT2D eigenvalue weighted by molar-refractivity contribution is -0.126. The molecule has 7 heteroatoms. The molecule has 2 aliphatic heterocycles. The van der Waals surface area contributed by atoms with Crippen LogP contribution in [0, 0.1) is 0 Å². The molecule has 0 bridgehead atoms. The van der Waals surface area contributed by atoms with Crippen molar-refractivity contribution in [2.45, 2.75) is 26.1 Å². The summed E-state index contributed by atoms with van der Waals surface area (Å²) >= 11 is 1.51. The van der Waals surface area contributed by atoms with Crippen molar-refractivity contribution >= 4 is 49.8 Å². The molecule has 6 nitrogen and oxygen atoms in total. The summed E-state index contributed by atoms with van der Waals surface area (Å²) in [6.07, 6.45) is 1.36. The average molecular weight is 455 g/mol. The predicted octanol–water partition coefficient (Wildman–Crippen LogP) is 4.69. The molecule has 2 aliphatic rings. The van der Waals surface area contributed by atoms with Gasteiger partial charge >= 0.3 is 0 Å². The number of hydrogen-bond acceptors (Lipinski definition) is 5. The van der Waals surface area contributed by atoms with Crippen molar-refractivity contribution in [2.24, 2.45) is 0 Å². The molecule has 33 heavy (non-hydrogen) atoms. The van der Waals surface area contributed by atoms with E-state index in [0.29, 0.717) is 19.6 Å². The van der Waals surface area contributed by atoms with Crippen molar-refractivity contribution < 1.29 is 9.59 Å². The zero-order chi connectivity index (χ0) is 22.7. The first kappa shape index (κ1) is 19.9. The summed E-state index contributed by atoms with van der Waals surface area (Å²) in [5.41, 5.74) is 5.99. The number of hydrogen-bond donors (Lipinski definition) is 2. The van der Waals surface area contributed by atoms with E-state index in [1.165, 1.54) is 17.4 Å². The molecule has 2 aromatic heterocycles. The number of aromatic nitrogens is 1. The number of amides is 2. The minimum atomic E-state index is -0.0602. The SMILES string of the molecule is C=CC(=O)N1Cc2cccc(-c3ccc4c(ccc5sc6c(c54)NCC(C)NC6=O)n3)c2C1. The van der Waals surface area contributed by atoms with Crippen LogP contribution in [-0.2, 0) is 17.9 Å². The number of rotatable bonds is 2. The van der Waals surface area contributed by atoms with Gasteiger partial charge in [-0.05, 0) is 48.4 Å². The second-order valence-corrected chi connectivity index (χ2v) is 9.66. The molecule has 0 saturated heterocycles. The minimum Gasteiger partial charge on any atom is -0.381 e. The van der Waals surface area contributed by atoms with Gasteiger partial charge in [-0.1, -0.05) is 24.8 Å². The van der Waals surface area contributed by atoms with Gasteiger partial charge in [0.1, 0.15) is 4.88 Å². The molecule has 0 spiro atoms. The molecule has 0 fully saturated rings. The molecule has 4 heterocycles. The quantitative estimate of drug-likeness (QED) is 0.431. The molecule has 1 unspecified atom stereocenters. The molecular formula is C26H22N4O2S. The number of thiophene rings is 1. The van der Waals surface area contributed by atoms with Crippen LogP contribution >= 0.6 is 11.3 Å². The number of anilines is 1. The van der Waals surface area contributed by atoms with Crippen LogP contribution in [0.25, 0.3) is 32.2 Å². The van der Waals surface area contributed by atoms with Crippen LogP contribution in [0.1, 0.15) is 27.7 Å². The van der Waals surface area contributed by atoms with E-state index in [-0.39, 0.29) is 17.9 Å². The smallest absolute Gasteiger partial charge is 0.263 e. The lowest BCUT2D eigenvalue weighted by Crippen LogP contribution is -2.34. The Kier molecular flexibility index (Phi) is 4.48. The fraction of sp³-hybridized carbons (Fsp3) is 0.192. The Morgan fingerprint density at radius 2 is 2.09 bits per heavy atom. The third-order valence-electron chi connectivity index (χ3n) is 6.44. The van der Waals surface area contributed by atoms with Gasteiger partial charge in [0.2, 0.25) is 5.91 Å². The summed E-state index contributed by atoms with van der Waals surface area (Å²) in [5.74, 6) is -0.0880. The fourth-order valence-electron chi connectivity index (χ4n) is 4.82. The monoisotopic (exact) mass is 454 g/mol. The van der Waals surface area contributed by atoms with Crippen LogP contribution in [-0.4, -0.2) is 34.3 Å². The van der Waals surface area contributed by atoms with Crippen molar-refractivity contribution in [1.29, 1.82) is 0 Å². The van der Waals surface area contributed by atoms with Gasteiger partial charge in [0, 0.05) is 46.7 Å². The van der Waals surface area contributed by atoms with E-state index in [9.17, 15) is 9.59 Å². The van der Waals surface area contributed by atoms with Crippen LogP contribution < -0.4 is 10.6 Å². The summed E-state index contributed by atoms with van der Waals surface area (Å²) in [6, 6.07) is 14.4. The van der Waals surface area contributed by atoms with Crippen LogP contribution in [0.3, 0.4) is 0 Å². The number of pyridine rings is 1. The zero-order valence-corrected chi connectivity index (χ0v) is 19.0. The highest BCUT2D eigenvalue weighted by atomic mass is 32.1. The van der Waals surface area contributed by atoms with E-state index in [1.807, 2.05) is 31.2 Å². The lowest BCUT2D eigenvalue weighted by atomic mass is 9.99. The highest BCUT2D eigenvalue weighted by Crippen LogP contribution is 2.41. The van der Waals surface area contributed by atoms with Crippen molar-refractivity contribution in [3.63, 3.8) is 0 Å². The minimum absolute atomic E-state index is 0.0279. The summed E-state index contributed by atoms with van der Waals surface area (Å²) in [4.78, 5) is 32.3. The van der Waals surface area contributed by atoms with Gasteiger partial charge in [-0.3, -0.25) is 9.59 Å². The van der Waals surface area contributed by atoms with Gasteiger partial charge in [-0.15, -0.1) is 11.3 Å². The van der Waals surface area contributed by atoms with E-state index >= 15 is 0 Å². The van der Waals surface area contributed by atoms with E-state index < -0.39 is 0 Å². The third kappa shape index (κ3) is 3.11. The highest BCUT2D eigenvalue weighted by molar-refractivity contribution is 7.21. The maximum absolute atomic E-state index is 12.7. The van der Waals surface area contributed by atoms with E-state index in [4.69, 9.17) is 4.98 Å². The summed E-state index contributed by atoms with van der Waals surface area (Å²) < 4.78 is 1.07. The normalized spacial score (nSPS) is 17.3. The van der Waals surface area contributed by atoms with Crippen LogP contribution in [0.15, 0.2) is 55.1 Å². The molecule has 2 amide bonds.